The van der Waals surface area contributed by atoms with Crippen LogP contribution in [-0.4, -0.2) is 80.7 Å². The summed E-state index contributed by atoms with van der Waals surface area (Å²) in [6, 6.07) is 19.9. The van der Waals surface area contributed by atoms with Crippen LogP contribution in [-0.2, 0) is 11.2 Å². The number of nitrogens with one attached hydrogen (secondary N) is 1. The molecule has 1 aliphatic carbocycles. The van der Waals surface area contributed by atoms with Gasteiger partial charge in [0.2, 0.25) is 0 Å². The van der Waals surface area contributed by atoms with Crippen LogP contribution in [0.3, 0.4) is 0 Å². The van der Waals surface area contributed by atoms with E-state index < -0.39 is 11.2 Å². The molecule has 1 amide bonds. The fourth-order valence-corrected chi connectivity index (χ4v) is 6.21. The van der Waals surface area contributed by atoms with Crippen molar-refractivity contribution in [3.63, 3.8) is 0 Å². The molecule has 0 spiro atoms. The molecule has 1 saturated heterocycles. The van der Waals surface area contributed by atoms with E-state index >= 15 is 0 Å². The predicted molar refractivity (Wildman–Crippen MR) is 160 cm³/mol. The zero-order chi connectivity index (χ0) is 28.9. The molecule has 41 heavy (non-hydrogen) atoms. The number of carbonyl (C=O) groups excluding carboxylic acids is 1. The van der Waals surface area contributed by atoms with Gasteiger partial charge in [0.15, 0.2) is 5.69 Å². The second kappa shape index (κ2) is 12.9. The van der Waals surface area contributed by atoms with Crippen LogP contribution in [0.2, 0.25) is 0 Å². The highest BCUT2D eigenvalue weighted by atomic mass is 16.5. The van der Waals surface area contributed by atoms with E-state index in [-0.39, 0.29) is 24.6 Å². The zero-order valence-corrected chi connectivity index (χ0v) is 24.3. The average Bonchev–Trinajstić information content (AvgIpc) is 3.41. The number of hydrogen-bond donors (Lipinski definition) is 3. The summed E-state index contributed by atoms with van der Waals surface area (Å²) in [5, 5.41) is 25.5. The van der Waals surface area contributed by atoms with Crippen molar-refractivity contribution in [3.8, 4) is 11.3 Å². The van der Waals surface area contributed by atoms with Crippen LogP contribution in [0, 0.1) is 0 Å². The van der Waals surface area contributed by atoms with Crippen LogP contribution in [0.15, 0.2) is 67.0 Å². The number of carbonyl (C=O) groups is 1. The van der Waals surface area contributed by atoms with Crippen LogP contribution in [0.25, 0.3) is 11.3 Å². The second-order valence-corrected chi connectivity index (χ2v) is 12.2. The number of piperazine rings is 1. The molecule has 5 rings (SSSR count). The lowest BCUT2D eigenvalue weighted by Crippen LogP contribution is -2.54. The van der Waals surface area contributed by atoms with E-state index in [1.54, 1.807) is 20.2 Å². The molecule has 0 bridgehead atoms. The molecule has 1 aromatic heterocycles. The highest BCUT2D eigenvalue weighted by Crippen LogP contribution is 2.41. The van der Waals surface area contributed by atoms with Gasteiger partial charge < -0.3 is 29.7 Å². The first-order valence-corrected chi connectivity index (χ1v) is 15.0. The minimum atomic E-state index is -1.10. The van der Waals surface area contributed by atoms with E-state index in [2.05, 4.69) is 17.4 Å². The molecule has 3 aromatic rings. The molecule has 2 aliphatic rings. The Morgan fingerprint density at radius 3 is 2.59 bits per heavy atom. The van der Waals surface area contributed by atoms with Crippen molar-refractivity contribution in [1.82, 2.24) is 19.8 Å². The molecule has 1 saturated carbocycles. The highest BCUT2D eigenvalue weighted by Gasteiger charge is 2.42. The van der Waals surface area contributed by atoms with Gasteiger partial charge in [-0.3, -0.25) is 4.79 Å². The first kappa shape index (κ1) is 29.5. The SMILES string of the molecule is CC(C)(O)CCOCC1(O)CCCCC1n1cnc(C(=O)N2CCNC[C@H]2Cc2ccccc2)c1-c1ccccc1. The number of imidazole rings is 1. The van der Waals surface area contributed by atoms with Crippen LogP contribution in [0.4, 0.5) is 0 Å². The average molecular weight is 561 g/mol. The summed E-state index contributed by atoms with van der Waals surface area (Å²) in [5.41, 5.74) is 1.34. The van der Waals surface area contributed by atoms with Gasteiger partial charge in [-0.25, -0.2) is 4.98 Å². The van der Waals surface area contributed by atoms with Gasteiger partial charge in [0.1, 0.15) is 5.60 Å². The van der Waals surface area contributed by atoms with Crippen molar-refractivity contribution >= 4 is 5.91 Å². The zero-order valence-electron chi connectivity index (χ0n) is 24.3. The van der Waals surface area contributed by atoms with Gasteiger partial charge in [0, 0.05) is 37.8 Å². The molecular weight excluding hydrogens is 516 g/mol. The van der Waals surface area contributed by atoms with Crippen molar-refractivity contribution < 1.29 is 19.7 Å². The number of nitrogens with zero attached hydrogens (tertiary/aromatic N) is 3. The molecule has 8 nitrogen and oxygen atoms in total. The standard InChI is InChI=1S/C33H44N4O4/c1-32(2,39)17-20-41-23-33(40)16-10-9-15-28(33)37-24-35-29(30(37)26-13-7-4-8-14-26)31(38)36-19-18-34-22-27(36)21-25-11-5-3-6-12-25/h3-8,11-14,24,27-28,34,39-40H,9-10,15-23H2,1-2H3/t27-,28?,33?/m1/s1. The summed E-state index contributed by atoms with van der Waals surface area (Å²) < 4.78 is 7.97. The molecule has 1 aliphatic heterocycles. The molecule has 2 aromatic carbocycles. The lowest BCUT2D eigenvalue weighted by Gasteiger charge is -2.41. The van der Waals surface area contributed by atoms with E-state index in [9.17, 15) is 15.0 Å². The Morgan fingerprint density at radius 1 is 1.12 bits per heavy atom. The summed E-state index contributed by atoms with van der Waals surface area (Å²) in [4.78, 5) is 21.0. The van der Waals surface area contributed by atoms with Gasteiger partial charge in [0.25, 0.3) is 5.91 Å². The maximum Gasteiger partial charge on any atom is 0.275 e. The van der Waals surface area contributed by atoms with E-state index in [1.165, 1.54) is 5.56 Å². The lowest BCUT2D eigenvalue weighted by molar-refractivity contribution is -0.104. The summed E-state index contributed by atoms with van der Waals surface area (Å²) in [7, 11) is 0. The Hall–Kier alpha value is -3.04. The highest BCUT2D eigenvalue weighted by molar-refractivity contribution is 5.98. The minimum Gasteiger partial charge on any atom is -0.390 e. The molecule has 220 valence electrons. The number of rotatable bonds is 10. The van der Waals surface area contributed by atoms with Crippen LogP contribution in [0.5, 0.6) is 0 Å². The van der Waals surface area contributed by atoms with Gasteiger partial charge in [0.05, 0.1) is 30.3 Å². The maximum atomic E-state index is 14.3. The molecule has 0 radical (unpaired) electrons. The summed E-state index contributed by atoms with van der Waals surface area (Å²) in [6.07, 6.45) is 6.25. The van der Waals surface area contributed by atoms with E-state index in [0.717, 1.165) is 50.0 Å². The normalized spacial score (nSPS) is 23.5. The fraction of sp³-hybridized carbons (Fsp3) is 0.515. The number of benzene rings is 2. The number of hydrogen-bond acceptors (Lipinski definition) is 6. The number of aliphatic hydroxyl groups is 2. The topological polar surface area (TPSA) is 99.8 Å². The van der Waals surface area contributed by atoms with Crippen LogP contribution < -0.4 is 5.32 Å². The Labute approximate surface area is 243 Å². The number of amides is 1. The number of ether oxygens (including phenoxy) is 1. The van der Waals surface area contributed by atoms with Crippen molar-refractivity contribution in [3.05, 3.63) is 78.2 Å². The summed E-state index contributed by atoms with van der Waals surface area (Å²) in [5.74, 6) is -0.0780. The molecular formula is C33H44N4O4. The van der Waals surface area contributed by atoms with Crippen molar-refractivity contribution in [2.24, 2.45) is 0 Å². The van der Waals surface area contributed by atoms with Crippen LogP contribution in [0.1, 0.15) is 68.0 Å². The minimum absolute atomic E-state index is 0.0169. The Kier molecular flexibility index (Phi) is 9.24. The van der Waals surface area contributed by atoms with Gasteiger partial charge in [-0.2, -0.15) is 0 Å². The number of aromatic nitrogens is 2. The first-order chi connectivity index (χ1) is 19.8. The van der Waals surface area contributed by atoms with Crippen molar-refractivity contribution in [1.29, 1.82) is 0 Å². The maximum absolute atomic E-state index is 14.3. The molecule has 8 heteroatoms. The monoisotopic (exact) mass is 560 g/mol. The van der Waals surface area contributed by atoms with Gasteiger partial charge in [-0.1, -0.05) is 73.5 Å². The first-order valence-electron chi connectivity index (χ1n) is 15.0. The van der Waals surface area contributed by atoms with E-state index in [0.29, 0.717) is 31.7 Å². The van der Waals surface area contributed by atoms with Gasteiger partial charge in [-0.05, 0) is 45.1 Å². The third-order valence-corrected chi connectivity index (χ3v) is 8.47. The van der Waals surface area contributed by atoms with Crippen molar-refractivity contribution in [2.45, 2.75) is 75.7 Å². The molecule has 3 N–H and O–H groups in total. The van der Waals surface area contributed by atoms with E-state index in [1.807, 2.05) is 58.0 Å². The smallest absolute Gasteiger partial charge is 0.275 e. The molecule has 3 atom stereocenters. The molecule has 2 unspecified atom stereocenters. The largest absolute Gasteiger partial charge is 0.390 e. The Bertz CT molecular complexity index is 1270. The molecule has 2 fully saturated rings. The van der Waals surface area contributed by atoms with Gasteiger partial charge in [-0.15, -0.1) is 0 Å². The second-order valence-electron chi connectivity index (χ2n) is 12.2. The predicted octanol–water partition coefficient (Wildman–Crippen LogP) is 4.23. The lowest BCUT2D eigenvalue weighted by atomic mass is 9.80. The quantitative estimate of drug-likeness (QED) is 0.321. The third kappa shape index (κ3) is 7.07. The third-order valence-electron chi connectivity index (χ3n) is 8.47. The summed E-state index contributed by atoms with van der Waals surface area (Å²) >= 11 is 0. The Morgan fingerprint density at radius 2 is 1.85 bits per heavy atom. The fourth-order valence-electron chi connectivity index (χ4n) is 6.21. The molecule has 2 heterocycles. The Balaban J connectivity index is 1.46. The van der Waals surface area contributed by atoms with Crippen molar-refractivity contribution in [2.75, 3.05) is 32.8 Å². The van der Waals surface area contributed by atoms with Crippen LogP contribution >= 0.6 is 0 Å². The van der Waals surface area contributed by atoms with Gasteiger partial charge >= 0.3 is 0 Å². The summed E-state index contributed by atoms with van der Waals surface area (Å²) in [6.45, 7) is 6.12. The van der Waals surface area contributed by atoms with E-state index in [4.69, 9.17) is 9.72 Å².